The highest BCUT2D eigenvalue weighted by Gasteiger charge is 2.22. The maximum atomic E-state index is 3.74. The second-order valence-electron chi connectivity index (χ2n) is 5.27. The van der Waals surface area contributed by atoms with Crippen LogP contribution >= 0.6 is 0 Å². The third-order valence-corrected chi connectivity index (χ3v) is 3.84. The fourth-order valence-electron chi connectivity index (χ4n) is 2.82. The van der Waals surface area contributed by atoms with Crippen molar-refractivity contribution in [3.63, 3.8) is 0 Å². The molecule has 0 aliphatic carbocycles. The van der Waals surface area contributed by atoms with Crippen molar-refractivity contribution in [2.45, 2.75) is 38.6 Å². The summed E-state index contributed by atoms with van der Waals surface area (Å²) in [6, 6.07) is 22.1. The van der Waals surface area contributed by atoms with Gasteiger partial charge in [-0.3, -0.25) is 0 Å². The van der Waals surface area contributed by atoms with E-state index >= 15 is 0 Å². The van der Waals surface area contributed by atoms with Crippen molar-refractivity contribution >= 4 is 0 Å². The molecule has 0 bridgehead atoms. The summed E-state index contributed by atoms with van der Waals surface area (Å²) in [6.45, 7) is 5.56. The molecule has 106 valence electrons. The average Bonchev–Trinajstić information content (AvgIpc) is 2.53. The van der Waals surface area contributed by atoms with Crippen LogP contribution in [-0.2, 0) is 0 Å². The average molecular weight is 267 g/mol. The lowest BCUT2D eigenvalue weighted by Gasteiger charge is -2.28. The molecule has 0 aliphatic heterocycles. The van der Waals surface area contributed by atoms with E-state index in [0.29, 0.717) is 12.0 Å². The van der Waals surface area contributed by atoms with E-state index in [1.165, 1.54) is 11.1 Å². The number of benzene rings is 2. The van der Waals surface area contributed by atoms with Crippen LogP contribution in [0.2, 0.25) is 0 Å². The van der Waals surface area contributed by atoms with Crippen molar-refractivity contribution in [2.75, 3.05) is 6.54 Å². The van der Waals surface area contributed by atoms with E-state index in [2.05, 4.69) is 79.8 Å². The number of nitrogens with one attached hydrogen (secondary N) is 1. The summed E-state index contributed by atoms with van der Waals surface area (Å²) in [4.78, 5) is 0. The van der Waals surface area contributed by atoms with Gasteiger partial charge in [0.05, 0.1) is 0 Å². The monoisotopic (exact) mass is 267 g/mol. The van der Waals surface area contributed by atoms with Gasteiger partial charge in [0.2, 0.25) is 0 Å². The van der Waals surface area contributed by atoms with Gasteiger partial charge in [-0.1, -0.05) is 74.5 Å². The molecule has 2 unspecified atom stereocenters. The molecule has 2 aromatic carbocycles. The van der Waals surface area contributed by atoms with E-state index in [9.17, 15) is 0 Å². The molecule has 0 spiro atoms. The largest absolute Gasteiger partial charge is 0.309 e. The second kappa shape index (κ2) is 7.86. The minimum atomic E-state index is 0.392. The lowest BCUT2D eigenvalue weighted by Crippen LogP contribution is -2.27. The Morgan fingerprint density at radius 2 is 1.35 bits per heavy atom. The normalized spacial score (nSPS) is 13.9. The highest BCUT2D eigenvalue weighted by atomic mass is 14.9. The lowest BCUT2D eigenvalue weighted by atomic mass is 9.85. The predicted molar refractivity (Wildman–Crippen MR) is 87.0 cm³/mol. The molecule has 0 fully saturated rings. The number of hydrogen-bond acceptors (Lipinski definition) is 1. The maximum Gasteiger partial charge on any atom is 0.0389 e. The molecule has 0 aliphatic rings. The topological polar surface area (TPSA) is 12.0 Å². The molecule has 1 nitrogen and oxygen atoms in total. The van der Waals surface area contributed by atoms with Gasteiger partial charge in [0, 0.05) is 12.0 Å². The van der Waals surface area contributed by atoms with Crippen LogP contribution in [0.5, 0.6) is 0 Å². The Morgan fingerprint density at radius 1 is 0.800 bits per heavy atom. The van der Waals surface area contributed by atoms with Crippen molar-refractivity contribution in [2.24, 2.45) is 0 Å². The van der Waals surface area contributed by atoms with Crippen LogP contribution in [0.15, 0.2) is 60.7 Å². The minimum absolute atomic E-state index is 0.392. The first-order valence-corrected chi connectivity index (χ1v) is 7.70. The molecular weight excluding hydrogens is 242 g/mol. The maximum absolute atomic E-state index is 3.74. The third-order valence-electron chi connectivity index (χ3n) is 3.84. The minimum Gasteiger partial charge on any atom is -0.309 e. The molecule has 2 atom stereocenters. The lowest BCUT2D eigenvalue weighted by molar-refractivity contribution is 0.435. The first-order valence-electron chi connectivity index (χ1n) is 7.70. The molecule has 2 aromatic rings. The van der Waals surface area contributed by atoms with E-state index < -0.39 is 0 Å². The Kier molecular flexibility index (Phi) is 5.82. The first kappa shape index (κ1) is 14.8. The summed E-state index contributed by atoms with van der Waals surface area (Å²) in [5.74, 6) is 0.519. The van der Waals surface area contributed by atoms with Gasteiger partial charge < -0.3 is 5.32 Å². The highest BCUT2D eigenvalue weighted by molar-refractivity contribution is 5.28. The van der Waals surface area contributed by atoms with Crippen LogP contribution in [0.4, 0.5) is 0 Å². The molecule has 0 saturated heterocycles. The number of hydrogen-bond donors (Lipinski definition) is 1. The molecule has 1 heteroatoms. The molecule has 0 saturated carbocycles. The summed E-state index contributed by atoms with van der Waals surface area (Å²) >= 11 is 0. The quantitative estimate of drug-likeness (QED) is 0.750. The Hall–Kier alpha value is -1.60. The Balaban J connectivity index is 2.29. The first-order chi connectivity index (χ1) is 9.86. The van der Waals surface area contributed by atoms with Crippen LogP contribution in [0.25, 0.3) is 0 Å². The van der Waals surface area contributed by atoms with E-state index in [4.69, 9.17) is 0 Å². The zero-order chi connectivity index (χ0) is 14.2. The Labute approximate surface area is 123 Å². The van der Waals surface area contributed by atoms with Crippen LogP contribution in [0.1, 0.15) is 49.8 Å². The van der Waals surface area contributed by atoms with Gasteiger partial charge in [-0.05, 0) is 30.5 Å². The van der Waals surface area contributed by atoms with E-state index in [-0.39, 0.29) is 0 Å². The predicted octanol–water partition coefficient (Wildman–Crippen LogP) is 4.92. The van der Waals surface area contributed by atoms with E-state index in [1.807, 2.05) is 0 Å². The Bertz CT molecular complexity index is 478. The summed E-state index contributed by atoms with van der Waals surface area (Å²) < 4.78 is 0. The molecule has 0 aromatic heterocycles. The zero-order valence-corrected chi connectivity index (χ0v) is 12.5. The third kappa shape index (κ3) is 3.71. The van der Waals surface area contributed by atoms with Gasteiger partial charge in [0.1, 0.15) is 0 Å². The molecular formula is C19H25N. The Morgan fingerprint density at radius 3 is 1.85 bits per heavy atom. The van der Waals surface area contributed by atoms with Crippen molar-refractivity contribution in [1.82, 2.24) is 5.32 Å². The molecule has 0 heterocycles. The summed E-state index contributed by atoms with van der Waals surface area (Å²) in [7, 11) is 0. The van der Waals surface area contributed by atoms with Crippen LogP contribution in [0, 0.1) is 0 Å². The van der Waals surface area contributed by atoms with Gasteiger partial charge in [0.15, 0.2) is 0 Å². The summed E-state index contributed by atoms with van der Waals surface area (Å²) in [6.07, 6.45) is 2.30. The van der Waals surface area contributed by atoms with Crippen LogP contribution in [0.3, 0.4) is 0 Å². The van der Waals surface area contributed by atoms with Crippen molar-refractivity contribution in [3.8, 4) is 0 Å². The molecule has 1 N–H and O–H groups in total. The van der Waals surface area contributed by atoms with Gasteiger partial charge >= 0.3 is 0 Å². The van der Waals surface area contributed by atoms with Crippen molar-refractivity contribution in [1.29, 1.82) is 0 Å². The summed E-state index contributed by atoms with van der Waals surface area (Å²) in [5.41, 5.74) is 2.81. The fraction of sp³-hybridized carbons (Fsp3) is 0.368. The van der Waals surface area contributed by atoms with E-state index in [1.54, 1.807) is 0 Å². The molecule has 2 rings (SSSR count). The van der Waals surface area contributed by atoms with Gasteiger partial charge in [0.25, 0.3) is 0 Å². The zero-order valence-electron chi connectivity index (χ0n) is 12.5. The summed E-state index contributed by atoms with van der Waals surface area (Å²) in [5, 5.41) is 3.74. The van der Waals surface area contributed by atoms with Gasteiger partial charge in [-0.2, -0.15) is 0 Å². The van der Waals surface area contributed by atoms with Crippen LogP contribution < -0.4 is 5.32 Å². The van der Waals surface area contributed by atoms with Crippen LogP contribution in [-0.4, -0.2) is 6.54 Å². The molecule has 20 heavy (non-hydrogen) atoms. The highest BCUT2D eigenvalue weighted by Crippen LogP contribution is 2.33. The standard InChI is InChI=1S/C19H25N/c1-3-15-20-19(17-13-9-6-10-14-17)18(4-2)16-11-7-5-8-12-16/h5-14,18-20H,3-4,15H2,1-2H3. The smallest absolute Gasteiger partial charge is 0.0389 e. The second-order valence-corrected chi connectivity index (χ2v) is 5.27. The van der Waals surface area contributed by atoms with Gasteiger partial charge in [-0.15, -0.1) is 0 Å². The van der Waals surface area contributed by atoms with Crippen molar-refractivity contribution < 1.29 is 0 Å². The molecule has 0 amide bonds. The molecule has 0 radical (unpaired) electrons. The van der Waals surface area contributed by atoms with Gasteiger partial charge in [-0.25, -0.2) is 0 Å². The van der Waals surface area contributed by atoms with E-state index in [0.717, 1.165) is 19.4 Å². The fourth-order valence-corrected chi connectivity index (χ4v) is 2.82. The SMILES string of the molecule is CCCNC(c1ccccc1)C(CC)c1ccccc1. The number of rotatable bonds is 7. The van der Waals surface area contributed by atoms with Crippen molar-refractivity contribution in [3.05, 3.63) is 71.8 Å².